The molecule has 0 radical (unpaired) electrons. The number of fused-ring (bicyclic) bond motifs is 2. The Morgan fingerprint density at radius 3 is 2.76 bits per heavy atom. The number of aliphatic hydroxyl groups is 1. The van der Waals surface area contributed by atoms with Crippen molar-refractivity contribution in [2.75, 3.05) is 23.4 Å². The number of anilines is 3. The molecule has 1 amide bonds. The molecule has 1 aromatic carbocycles. The van der Waals surface area contributed by atoms with Crippen LogP contribution >= 0.6 is 0 Å². The van der Waals surface area contributed by atoms with Crippen LogP contribution in [-0.2, 0) is 18.3 Å². The van der Waals surface area contributed by atoms with E-state index in [1.165, 1.54) is 4.57 Å². The number of aromatic nitrogens is 5. The maximum absolute atomic E-state index is 13.6. The minimum absolute atomic E-state index is 0.0114. The van der Waals surface area contributed by atoms with Crippen molar-refractivity contribution < 1.29 is 14.6 Å². The summed E-state index contributed by atoms with van der Waals surface area (Å²) in [6.45, 7) is 6.34. The van der Waals surface area contributed by atoms with Crippen molar-refractivity contribution in [3.8, 4) is 0 Å². The van der Waals surface area contributed by atoms with Crippen LogP contribution in [0.1, 0.15) is 44.2 Å². The molecule has 1 atom stereocenters. The number of nitrogens with zero attached hydrogens (tertiary/aromatic N) is 6. The molecule has 0 bridgehead atoms. The minimum atomic E-state index is -0.606. The zero-order valence-electron chi connectivity index (χ0n) is 21.9. The molecule has 0 fully saturated rings. The summed E-state index contributed by atoms with van der Waals surface area (Å²) in [6, 6.07) is 9.50. The van der Waals surface area contributed by atoms with E-state index in [2.05, 4.69) is 20.4 Å². The molecular weight excluding hydrogens is 486 g/mol. The van der Waals surface area contributed by atoms with Crippen molar-refractivity contribution >= 4 is 34.4 Å². The standard InChI is InChI=1S/C27H31N7O4/c1-27(2,3)38-26(37)34-10-9-19(20-7-5-6-8-22(20)34)21-13-17-14-28-25(31-23(17)32(4)24(21)36)30-18-15-29-33(16-18)11-12-35/h5-8,13-16,19,35H,9-12H2,1-4H3,(H,28,30,31). The molecule has 1 aliphatic rings. The van der Waals surface area contributed by atoms with E-state index in [1.54, 1.807) is 35.2 Å². The van der Waals surface area contributed by atoms with Gasteiger partial charge in [0.2, 0.25) is 5.95 Å². The van der Waals surface area contributed by atoms with E-state index in [-0.39, 0.29) is 18.1 Å². The number of rotatable bonds is 5. The zero-order valence-corrected chi connectivity index (χ0v) is 21.9. The highest BCUT2D eigenvalue weighted by Crippen LogP contribution is 2.39. The van der Waals surface area contributed by atoms with Crippen LogP contribution in [0.3, 0.4) is 0 Å². The summed E-state index contributed by atoms with van der Waals surface area (Å²) in [5, 5.41) is 17.1. The molecule has 0 spiro atoms. The van der Waals surface area contributed by atoms with E-state index in [0.717, 1.165) is 16.6 Å². The maximum Gasteiger partial charge on any atom is 0.414 e. The van der Waals surface area contributed by atoms with Gasteiger partial charge in [0.15, 0.2) is 0 Å². The van der Waals surface area contributed by atoms with Crippen molar-refractivity contribution in [3.63, 3.8) is 0 Å². The lowest BCUT2D eigenvalue weighted by molar-refractivity contribution is 0.0577. The van der Waals surface area contributed by atoms with Gasteiger partial charge in [-0.05, 0) is 44.9 Å². The molecule has 3 aromatic heterocycles. The lowest BCUT2D eigenvalue weighted by Gasteiger charge is -2.35. The largest absolute Gasteiger partial charge is 0.443 e. The van der Waals surface area contributed by atoms with Crippen molar-refractivity contribution in [2.24, 2.45) is 7.05 Å². The van der Waals surface area contributed by atoms with E-state index in [9.17, 15) is 9.59 Å². The number of hydrogen-bond donors (Lipinski definition) is 2. The molecule has 198 valence electrons. The number of benzene rings is 1. The SMILES string of the molecule is Cn1c(=O)c(C2CCN(C(=O)OC(C)(C)C)c3ccccc32)cc2cnc(Nc3cnn(CCO)c3)nc21. The lowest BCUT2D eigenvalue weighted by atomic mass is 9.84. The first-order valence-electron chi connectivity index (χ1n) is 12.5. The Hall–Kier alpha value is -4.25. The number of pyridine rings is 1. The number of aryl methyl sites for hydroxylation is 1. The van der Waals surface area contributed by atoms with Crippen LogP contribution in [0.2, 0.25) is 0 Å². The number of ether oxygens (including phenoxy) is 1. The van der Waals surface area contributed by atoms with E-state index in [4.69, 9.17) is 9.84 Å². The van der Waals surface area contributed by atoms with Gasteiger partial charge in [-0.3, -0.25) is 18.9 Å². The summed E-state index contributed by atoms with van der Waals surface area (Å²) < 4.78 is 8.77. The van der Waals surface area contributed by atoms with Crippen LogP contribution in [0, 0.1) is 0 Å². The van der Waals surface area contributed by atoms with Crippen LogP contribution in [0.15, 0.2) is 53.7 Å². The molecule has 0 saturated carbocycles. The van der Waals surface area contributed by atoms with Gasteiger partial charge in [-0.2, -0.15) is 10.1 Å². The molecule has 5 rings (SSSR count). The van der Waals surface area contributed by atoms with Crippen LogP contribution < -0.4 is 15.8 Å². The number of carbonyl (C=O) groups is 1. The topological polar surface area (TPSA) is 127 Å². The Morgan fingerprint density at radius 2 is 2.00 bits per heavy atom. The second-order valence-electron chi connectivity index (χ2n) is 10.3. The molecule has 11 nitrogen and oxygen atoms in total. The first-order chi connectivity index (χ1) is 18.1. The molecule has 0 saturated heterocycles. The fraction of sp³-hybridized carbons (Fsp3) is 0.370. The predicted molar refractivity (Wildman–Crippen MR) is 144 cm³/mol. The second kappa shape index (κ2) is 9.90. The zero-order chi connectivity index (χ0) is 27.0. The highest BCUT2D eigenvalue weighted by atomic mass is 16.6. The number of hydrogen-bond acceptors (Lipinski definition) is 8. The molecule has 4 heterocycles. The highest BCUT2D eigenvalue weighted by molar-refractivity contribution is 5.90. The molecular formula is C27H31N7O4. The van der Waals surface area contributed by atoms with Crippen molar-refractivity contribution in [1.29, 1.82) is 0 Å². The van der Waals surface area contributed by atoms with Crippen LogP contribution in [0.4, 0.5) is 22.1 Å². The van der Waals surface area contributed by atoms with Gasteiger partial charge in [-0.15, -0.1) is 0 Å². The molecule has 2 N–H and O–H groups in total. The van der Waals surface area contributed by atoms with Crippen LogP contribution in [0.25, 0.3) is 11.0 Å². The smallest absolute Gasteiger partial charge is 0.414 e. The molecule has 1 unspecified atom stereocenters. The minimum Gasteiger partial charge on any atom is -0.443 e. The summed E-state index contributed by atoms with van der Waals surface area (Å²) >= 11 is 0. The van der Waals surface area contributed by atoms with E-state index in [0.29, 0.717) is 42.4 Å². The highest BCUT2D eigenvalue weighted by Gasteiger charge is 2.33. The maximum atomic E-state index is 13.6. The fourth-order valence-electron chi connectivity index (χ4n) is 4.76. The lowest BCUT2D eigenvalue weighted by Crippen LogP contribution is -2.41. The fourth-order valence-corrected chi connectivity index (χ4v) is 4.76. The third-order valence-electron chi connectivity index (χ3n) is 6.43. The Balaban J connectivity index is 1.48. The van der Waals surface area contributed by atoms with Gasteiger partial charge in [0.1, 0.15) is 11.2 Å². The van der Waals surface area contributed by atoms with Gasteiger partial charge in [0, 0.05) is 42.9 Å². The van der Waals surface area contributed by atoms with Gasteiger partial charge < -0.3 is 15.2 Å². The molecule has 4 aromatic rings. The Labute approximate surface area is 219 Å². The predicted octanol–water partition coefficient (Wildman–Crippen LogP) is 3.54. The van der Waals surface area contributed by atoms with Gasteiger partial charge >= 0.3 is 6.09 Å². The summed E-state index contributed by atoms with van der Waals surface area (Å²) in [5.41, 5.74) is 2.70. The molecule has 1 aliphatic heterocycles. The average molecular weight is 518 g/mol. The van der Waals surface area contributed by atoms with Gasteiger partial charge in [0.05, 0.1) is 30.7 Å². The summed E-state index contributed by atoms with van der Waals surface area (Å²) in [5.74, 6) is 0.142. The average Bonchev–Trinajstić information content (AvgIpc) is 3.32. The number of nitrogens with one attached hydrogen (secondary N) is 1. The Morgan fingerprint density at radius 1 is 1.21 bits per heavy atom. The Bertz CT molecular complexity index is 1550. The van der Waals surface area contributed by atoms with E-state index < -0.39 is 11.7 Å². The summed E-state index contributed by atoms with van der Waals surface area (Å²) in [4.78, 5) is 37.1. The number of amides is 1. The van der Waals surface area contributed by atoms with Crippen molar-refractivity contribution in [1.82, 2.24) is 24.3 Å². The third kappa shape index (κ3) is 4.97. The quantitative estimate of drug-likeness (QED) is 0.412. The number of para-hydroxylation sites is 1. The Kier molecular flexibility index (Phi) is 6.62. The first-order valence-corrected chi connectivity index (χ1v) is 12.5. The van der Waals surface area contributed by atoms with Gasteiger partial charge in [-0.1, -0.05) is 18.2 Å². The van der Waals surface area contributed by atoms with E-state index in [1.807, 2.05) is 51.1 Å². The molecule has 0 aliphatic carbocycles. The number of aliphatic hydroxyl groups excluding tert-OH is 1. The van der Waals surface area contributed by atoms with Crippen molar-refractivity contribution in [2.45, 2.75) is 45.3 Å². The summed E-state index contributed by atoms with van der Waals surface area (Å²) in [7, 11) is 1.70. The normalized spacial score (nSPS) is 15.4. The first kappa shape index (κ1) is 25.4. The summed E-state index contributed by atoms with van der Waals surface area (Å²) in [6.07, 6.45) is 5.23. The monoisotopic (exact) mass is 517 g/mol. The second-order valence-corrected chi connectivity index (χ2v) is 10.3. The molecule has 11 heteroatoms. The van der Waals surface area contributed by atoms with Crippen LogP contribution in [-0.4, -0.2) is 54.3 Å². The van der Waals surface area contributed by atoms with Gasteiger partial charge in [-0.25, -0.2) is 9.78 Å². The van der Waals surface area contributed by atoms with Crippen LogP contribution in [0.5, 0.6) is 0 Å². The molecule has 38 heavy (non-hydrogen) atoms. The number of carbonyl (C=O) groups excluding carboxylic acids is 1. The third-order valence-corrected chi connectivity index (χ3v) is 6.43. The van der Waals surface area contributed by atoms with Crippen molar-refractivity contribution in [3.05, 3.63) is 70.4 Å². The van der Waals surface area contributed by atoms with E-state index >= 15 is 0 Å². The van der Waals surface area contributed by atoms with Gasteiger partial charge in [0.25, 0.3) is 5.56 Å².